The molecule has 0 saturated carbocycles. The molecule has 1 rings (SSSR count). The van der Waals surface area contributed by atoms with Crippen LogP contribution in [0, 0.1) is 5.92 Å². The lowest BCUT2D eigenvalue weighted by Gasteiger charge is -2.20. The highest BCUT2D eigenvalue weighted by Crippen LogP contribution is 2.08. The van der Waals surface area contributed by atoms with E-state index in [0.717, 1.165) is 45.9 Å². The molecule has 1 aromatic rings. The number of hydrogen-bond donors (Lipinski definition) is 1. The molecule has 0 unspecified atom stereocenters. The van der Waals surface area contributed by atoms with Crippen LogP contribution in [0.1, 0.15) is 38.8 Å². The van der Waals surface area contributed by atoms with Crippen LogP contribution in [0.25, 0.3) is 0 Å². The summed E-state index contributed by atoms with van der Waals surface area (Å²) in [5.41, 5.74) is 2.76. The van der Waals surface area contributed by atoms with Gasteiger partial charge < -0.3 is 10.1 Å². The molecule has 120 valence electrons. The Balaban J connectivity index is 2.46. The number of hydrogen-bond acceptors (Lipinski definition) is 3. The minimum atomic E-state index is 0.697. The lowest BCUT2D eigenvalue weighted by atomic mass is 10.1. The molecular formula is C18H32N2O. The van der Waals surface area contributed by atoms with E-state index >= 15 is 0 Å². The summed E-state index contributed by atoms with van der Waals surface area (Å²) < 4.78 is 5.45. The van der Waals surface area contributed by atoms with Crippen LogP contribution in [0.2, 0.25) is 0 Å². The normalized spacial score (nSPS) is 11.5. The van der Waals surface area contributed by atoms with Gasteiger partial charge in [0.2, 0.25) is 0 Å². The SMILES string of the molecule is CCOCCN(CC)Cc1cccc(CNCC(C)C)c1. The quantitative estimate of drug-likeness (QED) is 0.633. The zero-order valence-electron chi connectivity index (χ0n) is 14.2. The summed E-state index contributed by atoms with van der Waals surface area (Å²) in [6, 6.07) is 8.90. The van der Waals surface area contributed by atoms with Crippen LogP contribution in [0.15, 0.2) is 24.3 Å². The molecule has 0 amide bonds. The van der Waals surface area contributed by atoms with Crippen LogP contribution >= 0.6 is 0 Å². The number of ether oxygens (including phenoxy) is 1. The van der Waals surface area contributed by atoms with Gasteiger partial charge in [0.05, 0.1) is 6.61 Å². The maximum absolute atomic E-state index is 5.45. The fourth-order valence-electron chi connectivity index (χ4n) is 2.29. The van der Waals surface area contributed by atoms with E-state index in [1.54, 1.807) is 0 Å². The molecule has 3 heteroatoms. The van der Waals surface area contributed by atoms with E-state index in [-0.39, 0.29) is 0 Å². The first kappa shape index (κ1) is 18.1. The molecule has 0 atom stereocenters. The van der Waals surface area contributed by atoms with Gasteiger partial charge in [-0.1, -0.05) is 45.0 Å². The third kappa shape index (κ3) is 8.20. The summed E-state index contributed by atoms with van der Waals surface area (Å²) in [4.78, 5) is 2.43. The Morgan fingerprint density at radius 1 is 1.19 bits per heavy atom. The van der Waals surface area contributed by atoms with Gasteiger partial charge in [-0.15, -0.1) is 0 Å². The fourth-order valence-corrected chi connectivity index (χ4v) is 2.29. The molecule has 0 radical (unpaired) electrons. The van der Waals surface area contributed by atoms with Crippen LogP contribution in [0.3, 0.4) is 0 Å². The van der Waals surface area contributed by atoms with Gasteiger partial charge >= 0.3 is 0 Å². The van der Waals surface area contributed by atoms with Crippen molar-refractivity contribution in [3.8, 4) is 0 Å². The van der Waals surface area contributed by atoms with Crippen LogP contribution in [0.5, 0.6) is 0 Å². The van der Waals surface area contributed by atoms with Crippen molar-refractivity contribution in [2.24, 2.45) is 5.92 Å². The van der Waals surface area contributed by atoms with Gasteiger partial charge in [-0.2, -0.15) is 0 Å². The Morgan fingerprint density at radius 3 is 2.62 bits per heavy atom. The lowest BCUT2D eigenvalue weighted by Crippen LogP contribution is -2.27. The average molecular weight is 292 g/mol. The fraction of sp³-hybridized carbons (Fsp3) is 0.667. The molecule has 1 aromatic carbocycles. The molecule has 21 heavy (non-hydrogen) atoms. The standard InChI is InChI=1S/C18H32N2O/c1-5-20(10-11-21-6-2)15-18-9-7-8-17(12-18)14-19-13-16(3)4/h7-9,12,16,19H,5-6,10-11,13-15H2,1-4H3. The van der Waals surface area contributed by atoms with Crippen molar-refractivity contribution in [1.82, 2.24) is 10.2 Å². The summed E-state index contributed by atoms with van der Waals surface area (Å²) >= 11 is 0. The van der Waals surface area contributed by atoms with Crippen molar-refractivity contribution in [3.63, 3.8) is 0 Å². The first-order valence-electron chi connectivity index (χ1n) is 8.24. The molecule has 3 nitrogen and oxygen atoms in total. The van der Waals surface area contributed by atoms with E-state index in [1.165, 1.54) is 11.1 Å². The van der Waals surface area contributed by atoms with Gasteiger partial charge in [-0.25, -0.2) is 0 Å². The van der Waals surface area contributed by atoms with E-state index in [1.807, 2.05) is 6.92 Å². The molecule has 0 fully saturated rings. The Labute approximate surface area is 130 Å². The number of rotatable bonds is 11. The minimum absolute atomic E-state index is 0.697. The molecule has 0 bridgehead atoms. The van der Waals surface area contributed by atoms with Crippen LogP contribution in [-0.4, -0.2) is 37.7 Å². The second kappa shape index (κ2) is 10.8. The number of nitrogens with zero attached hydrogens (tertiary/aromatic N) is 1. The largest absolute Gasteiger partial charge is 0.380 e. The molecule has 0 spiro atoms. The Morgan fingerprint density at radius 2 is 1.95 bits per heavy atom. The van der Waals surface area contributed by atoms with Crippen molar-refractivity contribution < 1.29 is 4.74 Å². The molecule has 0 aliphatic rings. The maximum atomic E-state index is 5.45. The molecule has 0 aliphatic carbocycles. The summed E-state index contributed by atoms with van der Waals surface area (Å²) in [5, 5.41) is 3.50. The monoisotopic (exact) mass is 292 g/mol. The third-order valence-electron chi connectivity index (χ3n) is 3.48. The predicted octanol–water partition coefficient (Wildman–Crippen LogP) is 3.29. The number of benzene rings is 1. The van der Waals surface area contributed by atoms with Gasteiger partial charge in [0.25, 0.3) is 0 Å². The molecule has 0 heterocycles. The lowest BCUT2D eigenvalue weighted by molar-refractivity contribution is 0.113. The van der Waals surface area contributed by atoms with Crippen molar-refractivity contribution in [2.75, 3.05) is 32.8 Å². The van der Waals surface area contributed by atoms with Crippen LogP contribution < -0.4 is 5.32 Å². The summed E-state index contributed by atoms with van der Waals surface area (Å²) in [5.74, 6) is 0.697. The Bertz CT molecular complexity index is 379. The molecule has 0 saturated heterocycles. The minimum Gasteiger partial charge on any atom is -0.380 e. The highest BCUT2D eigenvalue weighted by atomic mass is 16.5. The highest BCUT2D eigenvalue weighted by Gasteiger charge is 2.04. The van der Waals surface area contributed by atoms with Crippen LogP contribution in [-0.2, 0) is 17.8 Å². The highest BCUT2D eigenvalue weighted by molar-refractivity contribution is 5.23. The second-order valence-electron chi connectivity index (χ2n) is 5.91. The van der Waals surface area contributed by atoms with Gasteiger partial charge in [0, 0.05) is 26.2 Å². The summed E-state index contributed by atoms with van der Waals surface area (Å²) in [7, 11) is 0. The molecule has 0 aliphatic heterocycles. The van der Waals surface area contributed by atoms with E-state index in [2.05, 4.69) is 55.3 Å². The topological polar surface area (TPSA) is 24.5 Å². The van der Waals surface area contributed by atoms with Gasteiger partial charge in [-0.3, -0.25) is 4.90 Å². The molecule has 1 N–H and O–H groups in total. The van der Waals surface area contributed by atoms with E-state index in [0.29, 0.717) is 5.92 Å². The predicted molar refractivity (Wildman–Crippen MR) is 90.4 cm³/mol. The smallest absolute Gasteiger partial charge is 0.0593 e. The third-order valence-corrected chi connectivity index (χ3v) is 3.48. The zero-order valence-corrected chi connectivity index (χ0v) is 14.2. The average Bonchev–Trinajstić information content (AvgIpc) is 2.46. The Kier molecular flexibility index (Phi) is 9.31. The van der Waals surface area contributed by atoms with Crippen molar-refractivity contribution in [1.29, 1.82) is 0 Å². The van der Waals surface area contributed by atoms with Crippen molar-refractivity contribution in [2.45, 2.75) is 40.8 Å². The first-order valence-corrected chi connectivity index (χ1v) is 8.24. The van der Waals surface area contributed by atoms with Gasteiger partial charge in [0.15, 0.2) is 0 Å². The Hall–Kier alpha value is -0.900. The van der Waals surface area contributed by atoms with Crippen LogP contribution in [0.4, 0.5) is 0 Å². The number of likely N-dealkylation sites (N-methyl/N-ethyl adjacent to an activating group) is 1. The van der Waals surface area contributed by atoms with E-state index < -0.39 is 0 Å². The maximum Gasteiger partial charge on any atom is 0.0593 e. The second-order valence-corrected chi connectivity index (χ2v) is 5.91. The summed E-state index contributed by atoms with van der Waals surface area (Å²) in [6.07, 6.45) is 0. The van der Waals surface area contributed by atoms with Crippen molar-refractivity contribution in [3.05, 3.63) is 35.4 Å². The van der Waals surface area contributed by atoms with E-state index in [4.69, 9.17) is 4.74 Å². The molecular weight excluding hydrogens is 260 g/mol. The van der Waals surface area contributed by atoms with Gasteiger partial charge in [0.1, 0.15) is 0 Å². The number of nitrogens with one attached hydrogen (secondary N) is 1. The molecule has 0 aromatic heterocycles. The van der Waals surface area contributed by atoms with Gasteiger partial charge in [-0.05, 0) is 37.1 Å². The summed E-state index contributed by atoms with van der Waals surface area (Å²) in [6.45, 7) is 15.4. The van der Waals surface area contributed by atoms with Crippen molar-refractivity contribution >= 4 is 0 Å². The first-order chi connectivity index (χ1) is 10.2. The van der Waals surface area contributed by atoms with E-state index in [9.17, 15) is 0 Å². The zero-order chi connectivity index (χ0) is 15.5.